The molecule has 150 valence electrons. The van der Waals surface area contributed by atoms with Gasteiger partial charge in [0.15, 0.2) is 13.1 Å². The molecule has 1 unspecified atom stereocenters. The molecule has 0 heterocycles. The molecule has 29 heavy (non-hydrogen) atoms. The lowest BCUT2D eigenvalue weighted by molar-refractivity contribution is -0.881. The summed E-state index contributed by atoms with van der Waals surface area (Å²) in [5.41, 5.74) is 2.09. The van der Waals surface area contributed by atoms with Crippen LogP contribution < -0.4 is 20.9 Å². The van der Waals surface area contributed by atoms with Gasteiger partial charge in [-0.2, -0.15) is 5.26 Å². The molecular formula is C21H24N5O3+. The lowest BCUT2D eigenvalue weighted by Gasteiger charge is -2.17. The van der Waals surface area contributed by atoms with Crippen LogP contribution in [0.2, 0.25) is 0 Å². The van der Waals surface area contributed by atoms with Crippen molar-refractivity contribution in [2.45, 2.75) is 13.8 Å². The number of hydrogen-bond acceptors (Lipinski definition) is 4. The first-order valence-electron chi connectivity index (χ1n) is 9.21. The van der Waals surface area contributed by atoms with Gasteiger partial charge in [-0.1, -0.05) is 12.1 Å². The topological polar surface area (TPSA) is 116 Å². The standard InChI is InChI=1S/C21H23N5O3/c1-3-26(14-21(29)25-19-7-5-4-6-16(19)12-22)13-20(28)24-18-10-8-17(9-11-18)23-15(2)27/h4-11H,3,13-14H2,1-2H3,(H,23,27)(H,24,28)(H,25,29)/p+1. The van der Waals surface area contributed by atoms with Gasteiger partial charge in [-0.15, -0.1) is 0 Å². The van der Waals surface area contributed by atoms with Crippen LogP contribution in [0.1, 0.15) is 19.4 Å². The van der Waals surface area contributed by atoms with E-state index in [2.05, 4.69) is 16.0 Å². The molecule has 0 bridgehead atoms. The molecule has 0 fully saturated rings. The van der Waals surface area contributed by atoms with Gasteiger partial charge < -0.3 is 20.9 Å². The van der Waals surface area contributed by atoms with Gasteiger partial charge >= 0.3 is 0 Å². The summed E-state index contributed by atoms with van der Waals surface area (Å²) in [4.78, 5) is 36.4. The van der Waals surface area contributed by atoms with E-state index in [4.69, 9.17) is 5.26 Å². The summed E-state index contributed by atoms with van der Waals surface area (Å²) in [6.07, 6.45) is 0. The first kappa shape index (κ1) is 21.6. The zero-order valence-corrected chi connectivity index (χ0v) is 16.4. The number of anilines is 3. The summed E-state index contributed by atoms with van der Waals surface area (Å²) in [5.74, 6) is -0.656. The Hall–Kier alpha value is -3.70. The first-order valence-corrected chi connectivity index (χ1v) is 9.21. The Bertz CT molecular complexity index is 919. The molecule has 8 heteroatoms. The largest absolute Gasteiger partial charge is 0.326 e. The van der Waals surface area contributed by atoms with Crippen LogP contribution in [-0.4, -0.2) is 37.4 Å². The van der Waals surface area contributed by atoms with E-state index in [-0.39, 0.29) is 30.8 Å². The Kier molecular flexibility index (Phi) is 7.88. The fourth-order valence-corrected chi connectivity index (χ4v) is 2.70. The number of carbonyl (C=O) groups excluding carboxylic acids is 3. The molecule has 0 radical (unpaired) electrons. The van der Waals surface area contributed by atoms with Gasteiger partial charge in [0.25, 0.3) is 11.8 Å². The minimum absolute atomic E-state index is 0.102. The molecule has 3 amide bonds. The van der Waals surface area contributed by atoms with Crippen LogP contribution in [0.15, 0.2) is 48.5 Å². The van der Waals surface area contributed by atoms with Crippen molar-refractivity contribution in [3.8, 4) is 6.07 Å². The van der Waals surface area contributed by atoms with Gasteiger partial charge in [0, 0.05) is 18.3 Å². The number of para-hydroxylation sites is 1. The number of hydrogen-bond donors (Lipinski definition) is 4. The number of nitriles is 1. The van der Waals surface area contributed by atoms with Crippen LogP contribution in [0.4, 0.5) is 17.1 Å². The summed E-state index contributed by atoms with van der Waals surface area (Å²) in [7, 11) is 0. The van der Waals surface area contributed by atoms with Crippen LogP contribution in [0, 0.1) is 11.3 Å². The van der Waals surface area contributed by atoms with Gasteiger partial charge in [0.2, 0.25) is 5.91 Å². The highest BCUT2D eigenvalue weighted by Crippen LogP contribution is 2.14. The van der Waals surface area contributed by atoms with E-state index in [1.54, 1.807) is 48.5 Å². The lowest BCUT2D eigenvalue weighted by Crippen LogP contribution is -3.13. The summed E-state index contributed by atoms with van der Waals surface area (Å²) < 4.78 is 0. The highest BCUT2D eigenvalue weighted by Gasteiger charge is 2.17. The van der Waals surface area contributed by atoms with E-state index in [9.17, 15) is 14.4 Å². The molecule has 0 aromatic heterocycles. The van der Waals surface area contributed by atoms with Crippen molar-refractivity contribution >= 4 is 34.8 Å². The second-order valence-electron chi connectivity index (χ2n) is 6.47. The number of nitrogens with zero attached hydrogens (tertiary/aromatic N) is 1. The van der Waals surface area contributed by atoms with Crippen LogP contribution in [0.5, 0.6) is 0 Å². The maximum atomic E-state index is 12.3. The third-order valence-corrected chi connectivity index (χ3v) is 4.13. The Morgan fingerprint density at radius 3 is 2.00 bits per heavy atom. The van der Waals surface area contributed by atoms with Crippen molar-refractivity contribution in [3.05, 3.63) is 54.1 Å². The summed E-state index contributed by atoms with van der Waals surface area (Å²) in [5, 5.41) is 17.3. The molecule has 2 rings (SSSR count). The second-order valence-corrected chi connectivity index (χ2v) is 6.47. The monoisotopic (exact) mass is 394 g/mol. The molecule has 4 N–H and O–H groups in total. The SMILES string of the molecule is CC[NH+](CC(=O)Nc1ccc(NC(C)=O)cc1)CC(=O)Nc1ccccc1C#N. The van der Waals surface area contributed by atoms with Gasteiger partial charge in [-0.05, 0) is 43.3 Å². The molecule has 1 atom stereocenters. The fourth-order valence-electron chi connectivity index (χ4n) is 2.70. The Labute approximate surface area is 169 Å². The number of likely N-dealkylation sites (N-methyl/N-ethyl adjacent to an activating group) is 1. The van der Waals surface area contributed by atoms with Crippen molar-refractivity contribution in [2.75, 3.05) is 35.6 Å². The number of nitrogens with one attached hydrogen (secondary N) is 4. The van der Waals surface area contributed by atoms with E-state index in [1.807, 2.05) is 13.0 Å². The average molecular weight is 394 g/mol. The van der Waals surface area contributed by atoms with Crippen molar-refractivity contribution in [1.29, 1.82) is 5.26 Å². The molecule has 0 saturated carbocycles. The quantitative estimate of drug-likeness (QED) is 0.535. The molecule has 2 aromatic rings. The van der Waals surface area contributed by atoms with Crippen LogP contribution in [0.3, 0.4) is 0 Å². The third-order valence-electron chi connectivity index (χ3n) is 4.13. The van der Waals surface area contributed by atoms with Gasteiger partial charge in [0.05, 0.1) is 17.8 Å². The smallest absolute Gasteiger partial charge is 0.279 e. The summed E-state index contributed by atoms with van der Waals surface area (Å²) in [6.45, 7) is 4.12. The zero-order valence-electron chi connectivity index (χ0n) is 16.4. The Balaban J connectivity index is 1.88. The van der Waals surface area contributed by atoms with Gasteiger partial charge in [-0.3, -0.25) is 14.4 Å². The molecule has 0 spiro atoms. The lowest BCUT2D eigenvalue weighted by atomic mass is 10.2. The molecule has 0 aliphatic rings. The Morgan fingerprint density at radius 2 is 1.45 bits per heavy atom. The number of benzene rings is 2. The highest BCUT2D eigenvalue weighted by atomic mass is 16.2. The number of amides is 3. The molecular weight excluding hydrogens is 370 g/mol. The average Bonchev–Trinajstić information content (AvgIpc) is 2.69. The third kappa shape index (κ3) is 7.08. The van der Waals surface area contributed by atoms with Gasteiger partial charge in [-0.25, -0.2) is 0 Å². The van der Waals surface area contributed by atoms with Crippen LogP contribution >= 0.6 is 0 Å². The summed E-state index contributed by atoms with van der Waals surface area (Å²) >= 11 is 0. The van der Waals surface area contributed by atoms with E-state index in [0.29, 0.717) is 29.2 Å². The second kappa shape index (κ2) is 10.6. The first-order chi connectivity index (χ1) is 13.9. The van der Waals surface area contributed by atoms with E-state index >= 15 is 0 Å². The van der Waals surface area contributed by atoms with Crippen molar-refractivity contribution in [3.63, 3.8) is 0 Å². The molecule has 0 saturated heterocycles. The minimum Gasteiger partial charge on any atom is -0.326 e. The highest BCUT2D eigenvalue weighted by molar-refractivity contribution is 5.94. The molecule has 0 aliphatic carbocycles. The predicted octanol–water partition coefficient (Wildman–Crippen LogP) is 0.999. The summed E-state index contributed by atoms with van der Waals surface area (Å²) in [6, 6.07) is 15.6. The molecule has 2 aromatic carbocycles. The van der Waals surface area contributed by atoms with E-state index in [1.165, 1.54) is 6.92 Å². The van der Waals surface area contributed by atoms with E-state index < -0.39 is 0 Å². The van der Waals surface area contributed by atoms with Crippen molar-refractivity contribution in [1.82, 2.24) is 0 Å². The predicted molar refractivity (Wildman–Crippen MR) is 110 cm³/mol. The van der Waals surface area contributed by atoms with Gasteiger partial charge in [0.1, 0.15) is 6.07 Å². The van der Waals surface area contributed by atoms with E-state index in [0.717, 1.165) is 4.90 Å². The zero-order chi connectivity index (χ0) is 21.2. The number of quaternary nitrogens is 1. The molecule has 8 nitrogen and oxygen atoms in total. The fraction of sp³-hybridized carbons (Fsp3) is 0.238. The Morgan fingerprint density at radius 1 is 0.897 bits per heavy atom. The normalized spacial score (nSPS) is 11.1. The minimum atomic E-state index is -0.267. The maximum absolute atomic E-state index is 12.3. The van der Waals surface area contributed by atoms with Crippen molar-refractivity contribution in [2.24, 2.45) is 0 Å². The maximum Gasteiger partial charge on any atom is 0.279 e. The van der Waals surface area contributed by atoms with Crippen LogP contribution in [0.25, 0.3) is 0 Å². The van der Waals surface area contributed by atoms with Crippen molar-refractivity contribution < 1.29 is 19.3 Å². The number of rotatable bonds is 8. The number of carbonyl (C=O) groups is 3. The van der Waals surface area contributed by atoms with Crippen LogP contribution in [-0.2, 0) is 14.4 Å². The molecule has 0 aliphatic heterocycles.